The van der Waals surface area contributed by atoms with E-state index < -0.39 is 6.10 Å². The van der Waals surface area contributed by atoms with Gasteiger partial charge in [-0.05, 0) is 24.3 Å². The van der Waals surface area contributed by atoms with Crippen LogP contribution in [0, 0.1) is 5.92 Å². The zero-order valence-corrected chi connectivity index (χ0v) is 17.1. The lowest BCUT2D eigenvalue weighted by Crippen LogP contribution is -2.49. The SMILES string of the molecule is CC(C)C(=O)Nc1ccc(N2CCN(CC(O)COCc3ccco3)CC2)nc1. The van der Waals surface area contributed by atoms with Crippen LogP contribution in [-0.4, -0.2) is 66.3 Å². The standard InChI is InChI=1S/C21H30N4O4/c1-16(2)21(27)23-17-5-6-20(22-12-17)25-9-7-24(8-10-25)13-18(26)14-28-15-19-4-3-11-29-19/h3-6,11-12,16,18,26H,7-10,13-15H2,1-2H3,(H,23,27). The number of anilines is 2. The molecule has 2 N–H and O–H groups in total. The van der Waals surface area contributed by atoms with E-state index in [1.165, 1.54) is 0 Å². The van der Waals surface area contributed by atoms with Crippen LogP contribution in [0.2, 0.25) is 0 Å². The van der Waals surface area contributed by atoms with E-state index in [2.05, 4.69) is 20.1 Å². The van der Waals surface area contributed by atoms with Crippen LogP contribution >= 0.6 is 0 Å². The van der Waals surface area contributed by atoms with Crippen molar-refractivity contribution >= 4 is 17.4 Å². The van der Waals surface area contributed by atoms with Gasteiger partial charge in [-0.15, -0.1) is 0 Å². The van der Waals surface area contributed by atoms with Crippen LogP contribution in [-0.2, 0) is 16.1 Å². The number of β-amino-alcohol motifs (C(OH)–C–C–N with tert-alkyl or cyclic N) is 1. The Hall–Kier alpha value is -2.42. The first-order valence-electron chi connectivity index (χ1n) is 10.0. The molecule has 1 unspecified atom stereocenters. The maximum absolute atomic E-state index is 11.8. The quantitative estimate of drug-likeness (QED) is 0.663. The smallest absolute Gasteiger partial charge is 0.226 e. The van der Waals surface area contributed by atoms with Crippen molar-refractivity contribution in [3.63, 3.8) is 0 Å². The van der Waals surface area contributed by atoms with Gasteiger partial charge < -0.3 is 24.5 Å². The highest BCUT2D eigenvalue weighted by Gasteiger charge is 2.20. The molecule has 0 bridgehead atoms. The molecular weight excluding hydrogens is 372 g/mol. The van der Waals surface area contributed by atoms with Crippen LogP contribution in [0.25, 0.3) is 0 Å². The summed E-state index contributed by atoms with van der Waals surface area (Å²) in [4.78, 5) is 20.7. The molecule has 1 aliphatic rings. The molecule has 0 aromatic carbocycles. The molecule has 0 aliphatic carbocycles. The van der Waals surface area contributed by atoms with Crippen LogP contribution in [0.3, 0.4) is 0 Å². The molecule has 3 heterocycles. The summed E-state index contributed by atoms with van der Waals surface area (Å²) in [7, 11) is 0. The minimum atomic E-state index is -0.529. The lowest BCUT2D eigenvalue weighted by atomic mass is 10.2. The summed E-state index contributed by atoms with van der Waals surface area (Å²) >= 11 is 0. The molecule has 1 amide bonds. The first-order valence-corrected chi connectivity index (χ1v) is 10.0. The number of carbonyl (C=O) groups is 1. The number of rotatable bonds is 9. The predicted octanol–water partition coefficient (Wildman–Crippen LogP) is 1.97. The zero-order valence-electron chi connectivity index (χ0n) is 17.1. The molecule has 1 aliphatic heterocycles. The fraction of sp³-hybridized carbons (Fsp3) is 0.524. The summed E-state index contributed by atoms with van der Waals surface area (Å²) in [5.41, 5.74) is 0.712. The van der Waals surface area contributed by atoms with Crippen molar-refractivity contribution in [2.75, 3.05) is 49.5 Å². The van der Waals surface area contributed by atoms with Gasteiger partial charge in [0.2, 0.25) is 5.91 Å². The van der Waals surface area contributed by atoms with Gasteiger partial charge in [0.25, 0.3) is 0 Å². The van der Waals surface area contributed by atoms with E-state index in [9.17, 15) is 9.90 Å². The monoisotopic (exact) mass is 402 g/mol. The Labute approximate surface area is 171 Å². The molecule has 29 heavy (non-hydrogen) atoms. The normalized spacial score (nSPS) is 16.2. The van der Waals surface area contributed by atoms with E-state index in [1.54, 1.807) is 12.5 Å². The van der Waals surface area contributed by atoms with Crippen molar-refractivity contribution in [2.24, 2.45) is 5.92 Å². The van der Waals surface area contributed by atoms with E-state index in [1.807, 2.05) is 38.1 Å². The summed E-state index contributed by atoms with van der Waals surface area (Å²) in [5, 5.41) is 13.0. The average molecular weight is 402 g/mol. The molecule has 3 rings (SSSR count). The number of pyridine rings is 1. The van der Waals surface area contributed by atoms with E-state index in [0.717, 1.165) is 37.8 Å². The van der Waals surface area contributed by atoms with Gasteiger partial charge in [-0.25, -0.2) is 4.98 Å². The van der Waals surface area contributed by atoms with Crippen molar-refractivity contribution in [3.8, 4) is 0 Å². The summed E-state index contributed by atoms with van der Waals surface area (Å²) in [6, 6.07) is 7.49. The third-order valence-electron chi connectivity index (χ3n) is 4.84. The summed E-state index contributed by atoms with van der Waals surface area (Å²) < 4.78 is 10.7. The number of aliphatic hydroxyl groups is 1. The highest BCUT2D eigenvalue weighted by atomic mass is 16.5. The first-order chi connectivity index (χ1) is 14.0. The Morgan fingerprint density at radius 2 is 2.07 bits per heavy atom. The van der Waals surface area contributed by atoms with Crippen LogP contribution in [0.15, 0.2) is 41.1 Å². The average Bonchev–Trinajstić information content (AvgIpc) is 3.22. The first kappa shape index (κ1) is 21.3. The number of nitrogens with one attached hydrogen (secondary N) is 1. The number of aromatic nitrogens is 1. The van der Waals surface area contributed by atoms with Gasteiger partial charge in [0, 0.05) is 38.6 Å². The van der Waals surface area contributed by atoms with Gasteiger partial charge >= 0.3 is 0 Å². The molecule has 0 radical (unpaired) electrons. The van der Waals surface area contributed by atoms with E-state index in [0.29, 0.717) is 18.8 Å². The molecule has 8 heteroatoms. The largest absolute Gasteiger partial charge is 0.467 e. The van der Waals surface area contributed by atoms with Crippen LogP contribution in [0.1, 0.15) is 19.6 Å². The minimum absolute atomic E-state index is 0.0140. The predicted molar refractivity (Wildman–Crippen MR) is 111 cm³/mol. The second-order valence-corrected chi connectivity index (χ2v) is 7.58. The summed E-state index contributed by atoms with van der Waals surface area (Å²) in [5.74, 6) is 1.58. The van der Waals surface area contributed by atoms with Crippen molar-refractivity contribution < 1.29 is 19.1 Å². The second kappa shape index (κ2) is 10.4. The maximum Gasteiger partial charge on any atom is 0.226 e. The molecule has 158 valence electrons. The third-order valence-corrected chi connectivity index (χ3v) is 4.84. The number of hydrogen-bond donors (Lipinski definition) is 2. The fourth-order valence-corrected chi connectivity index (χ4v) is 3.13. The molecule has 2 aromatic heterocycles. The molecule has 0 saturated carbocycles. The van der Waals surface area contributed by atoms with Crippen molar-refractivity contribution in [1.29, 1.82) is 0 Å². The van der Waals surface area contributed by atoms with Gasteiger partial charge in [0.05, 0.1) is 30.9 Å². The zero-order chi connectivity index (χ0) is 20.6. The van der Waals surface area contributed by atoms with Crippen molar-refractivity contribution in [3.05, 3.63) is 42.5 Å². The minimum Gasteiger partial charge on any atom is -0.467 e. The topological polar surface area (TPSA) is 91.1 Å². The lowest BCUT2D eigenvalue weighted by Gasteiger charge is -2.36. The Morgan fingerprint density at radius 1 is 1.28 bits per heavy atom. The maximum atomic E-state index is 11.8. The number of nitrogens with zero attached hydrogens (tertiary/aromatic N) is 3. The molecule has 2 aromatic rings. The Balaban J connectivity index is 1.37. The molecular formula is C21H30N4O4. The van der Waals surface area contributed by atoms with E-state index in [4.69, 9.17) is 9.15 Å². The number of piperazine rings is 1. The molecule has 1 fully saturated rings. The molecule has 0 spiro atoms. The van der Waals surface area contributed by atoms with Gasteiger partial charge in [0.15, 0.2) is 0 Å². The number of ether oxygens (including phenoxy) is 1. The molecule has 1 atom stereocenters. The Bertz CT molecular complexity index is 741. The number of amides is 1. The third kappa shape index (κ3) is 6.56. The summed E-state index contributed by atoms with van der Waals surface area (Å²) in [6.45, 7) is 8.33. The van der Waals surface area contributed by atoms with Gasteiger partial charge in [-0.3, -0.25) is 9.69 Å². The van der Waals surface area contributed by atoms with Gasteiger partial charge in [-0.1, -0.05) is 13.8 Å². The molecule has 8 nitrogen and oxygen atoms in total. The van der Waals surface area contributed by atoms with Gasteiger partial charge in [-0.2, -0.15) is 0 Å². The van der Waals surface area contributed by atoms with E-state index in [-0.39, 0.29) is 18.4 Å². The number of furan rings is 1. The van der Waals surface area contributed by atoms with Crippen molar-refractivity contribution in [2.45, 2.75) is 26.6 Å². The number of carbonyl (C=O) groups excluding carboxylic acids is 1. The van der Waals surface area contributed by atoms with Crippen molar-refractivity contribution in [1.82, 2.24) is 9.88 Å². The highest BCUT2D eigenvalue weighted by Crippen LogP contribution is 2.17. The number of hydrogen-bond acceptors (Lipinski definition) is 7. The Morgan fingerprint density at radius 3 is 2.69 bits per heavy atom. The second-order valence-electron chi connectivity index (χ2n) is 7.58. The summed E-state index contributed by atoms with van der Waals surface area (Å²) in [6.07, 6.45) is 2.78. The lowest BCUT2D eigenvalue weighted by molar-refractivity contribution is -0.118. The van der Waals surface area contributed by atoms with Crippen LogP contribution in [0.4, 0.5) is 11.5 Å². The fourth-order valence-electron chi connectivity index (χ4n) is 3.13. The van der Waals surface area contributed by atoms with E-state index >= 15 is 0 Å². The van der Waals surface area contributed by atoms with Crippen LogP contribution in [0.5, 0.6) is 0 Å². The number of aliphatic hydroxyl groups excluding tert-OH is 1. The molecule has 1 saturated heterocycles. The van der Waals surface area contributed by atoms with Gasteiger partial charge in [0.1, 0.15) is 18.2 Å². The highest BCUT2D eigenvalue weighted by molar-refractivity contribution is 5.91. The Kier molecular flexibility index (Phi) is 7.62. The van der Waals surface area contributed by atoms with Crippen LogP contribution < -0.4 is 10.2 Å².